The summed E-state index contributed by atoms with van der Waals surface area (Å²) in [4.78, 5) is 25.1. The Morgan fingerprint density at radius 2 is 2.32 bits per heavy atom. The molecule has 1 aliphatic carbocycles. The minimum atomic E-state index is -0.892. The van der Waals surface area contributed by atoms with Gasteiger partial charge in [-0.1, -0.05) is 6.07 Å². The molecule has 5 nitrogen and oxygen atoms in total. The van der Waals surface area contributed by atoms with E-state index in [1.807, 2.05) is 17.5 Å². The van der Waals surface area contributed by atoms with Crippen molar-refractivity contribution in [1.82, 2.24) is 10.2 Å². The topological polar surface area (TPSA) is 69.6 Å². The number of hydrogen-bond donors (Lipinski definition) is 2. The molecule has 0 bridgehead atoms. The smallest absolute Gasteiger partial charge is 0.317 e. The van der Waals surface area contributed by atoms with Gasteiger partial charge in [-0.25, -0.2) is 4.79 Å². The summed E-state index contributed by atoms with van der Waals surface area (Å²) in [6, 6.07) is 3.88. The molecule has 0 aromatic carbocycles. The molecule has 0 saturated heterocycles. The van der Waals surface area contributed by atoms with Gasteiger partial charge < -0.3 is 15.3 Å². The number of nitrogens with zero attached hydrogens (tertiary/aromatic N) is 1. The second kappa shape index (κ2) is 6.06. The van der Waals surface area contributed by atoms with Crippen molar-refractivity contribution in [2.75, 3.05) is 13.6 Å². The number of nitrogens with one attached hydrogen (secondary N) is 1. The third kappa shape index (κ3) is 3.96. The van der Waals surface area contributed by atoms with E-state index in [-0.39, 0.29) is 25.0 Å². The van der Waals surface area contributed by atoms with Gasteiger partial charge in [-0.3, -0.25) is 4.79 Å². The number of carboxylic acids is 1. The van der Waals surface area contributed by atoms with E-state index < -0.39 is 5.97 Å². The van der Waals surface area contributed by atoms with Crippen molar-refractivity contribution < 1.29 is 14.7 Å². The lowest BCUT2D eigenvalue weighted by atomic mass is 10.1. The highest BCUT2D eigenvalue weighted by Crippen LogP contribution is 2.42. The fourth-order valence-corrected chi connectivity index (χ4v) is 2.80. The molecule has 1 atom stereocenters. The SMILES string of the molecule is CN(CCC(=O)O)C(=O)NC(c1cccs1)C1CC1. The van der Waals surface area contributed by atoms with Crippen molar-refractivity contribution in [3.8, 4) is 0 Å². The molecule has 0 radical (unpaired) electrons. The van der Waals surface area contributed by atoms with E-state index in [9.17, 15) is 9.59 Å². The molecule has 1 aromatic heterocycles. The van der Waals surface area contributed by atoms with Gasteiger partial charge in [-0.15, -0.1) is 11.3 Å². The van der Waals surface area contributed by atoms with E-state index in [0.717, 1.165) is 12.8 Å². The summed E-state index contributed by atoms with van der Waals surface area (Å²) in [5.74, 6) is -0.368. The van der Waals surface area contributed by atoms with E-state index >= 15 is 0 Å². The number of amides is 2. The molecule has 1 aliphatic rings. The van der Waals surface area contributed by atoms with Crippen LogP contribution < -0.4 is 5.32 Å². The number of aliphatic carboxylic acids is 1. The predicted octanol–water partition coefficient (Wildman–Crippen LogP) is 2.32. The fourth-order valence-electron chi connectivity index (χ4n) is 1.93. The average molecular weight is 282 g/mol. The molecule has 1 saturated carbocycles. The molecule has 2 amide bonds. The standard InChI is InChI=1S/C13H18N2O3S/c1-15(7-6-11(16)17)13(18)14-12(9-4-5-9)10-3-2-8-19-10/h2-3,8-9,12H,4-7H2,1H3,(H,14,18)(H,16,17). The van der Waals surface area contributed by atoms with E-state index in [4.69, 9.17) is 5.11 Å². The lowest BCUT2D eigenvalue weighted by Crippen LogP contribution is -2.40. The van der Waals surface area contributed by atoms with Crippen LogP contribution in [0.25, 0.3) is 0 Å². The minimum absolute atomic E-state index is 0.0307. The van der Waals surface area contributed by atoms with Gasteiger partial charge in [0.1, 0.15) is 0 Å². The van der Waals surface area contributed by atoms with Crippen LogP contribution in [0.3, 0.4) is 0 Å². The molecule has 2 rings (SSSR count). The summed E-state index contributed by atoms with van der Waals surface area (Å²) in [6.45, 7) is 0.225. The summed E-state index contributed by atoms with van der Waals surface area (Å²) < 4.78 is 0. The Labute approximate surface area is 116 Å². The lowest BCUT2D eigenvalue weighted by molar-refractivity contribution is -0.137. The second-order valence-corrected chi connectivity index (χ2v) is 5.82. The number of hydrogen-bond acceptors (Lipinski definition) is 3. The van der Waals surface area contributed by atoms with Gasteiger partial charge in [0.15, 0.2) is 0 Å². The van der Waals surface area contributed by atoms with Gasteiger partial charge in [-0.05, 0) is 30.2 Å². The van der Waals surface area contributed by atoms with Crippen LogP contribution in [-0.2, 0) is 4.79 Å². The van der Waals surface area contributed by atoms with Crippen LogP contribution in [0, 0.1) is 5.92 Å². The molecule has 1 aromatic rings. The molecule has 19 heavy (non-hydrogen) atoms. The monoisotopic (exact) mass is 282 g/mol. The van der Waals surface area contributed by atoms with Gasteiger partial charge in [0.25, 0.3) is 0 Å². The van der Waals surface area contributed by atoms with Crippen molar-refractivity contribution in [2.45, 2.75) is 25.3 Å². The lowest BCUT2D eigenvalue weighted by Gasteiger charge is -2.22. The molecule has 0 spiro atoms. The van der Waals surface area contributed by atoms with Crippen molar-refractivity contribution in [2.24, 2.45) is 5.92 Å². The van der Waals surface area contributed by atoms with Crippen LogP contribution in [0.1, 0.15) is 30.2 Å². The maximum atomic E-state index is 12.0. The third-order valence-electron chi connectivity index (χ3n) is 3.23. The van der Waals surface area contributed by atoms with Crippen LogP contribution in [-0.4, -0.2) is 35.6 Å². The van der Waals surface area contributed by atoms with Crippen LogP contribution >= 0.6 is 11.3 Å². The van der Waals surface area contributed by atoms with Gasteiger partial charge in [0.05, 0.1) is 12.5 Å². The first-order valence-electron chi connectivity index (χ1n) is 6.34. The second-order valence-electron chi connectivity index (χ2n) is 4.85. The van der Waals surface area contributed by atoms with Crippen molar-refractivity contribution in [3.63, 3.8) is 0 Å². The number of carbonyl (C=O) groups excluding carboxylic acids is 1. The zero-order chi connectivity index (χ0) is 13.8. The number of urea groups is 1. The van der Waals surface area contributed by atoms with Crippen LogP contribution in [0.5, 0.6) is 0 Å². The maximum Gasteiger partial charge on any atom is 0.317 e. The van der Waals surface area contributed by atoms with E-state index in [1.165, 1.54) is 9.78 Å². The Morgan fingerprint density at radius 1 is 1.58 bits per heavy atom. The molecule has 1 heterocycles. The fraction of sp³-hybridized carbons (Fsp3) is 0.538. The first kappa shape index (κ1) is 13.9. The Morgan fingerprint density at radius 3 is 2.84 bits per heavy atom. The van der Waals surface area contributed by atoms with Crippen LogP contribution in [0.4, 0.5) is 4.79 Å². The highest BCUT2D eigenvalue weighted by atomic mass is 32.1. The number of rotatable bonds is 6. The Hall–Kier alpha value is -1.56. The van der Waals surface area contributed by atoms with Crippen LogP contribution in [0.15, 0.2) is 17.5 Å². The third-order valence-corrected chi connectivity index (χ3v) is 4.19. The molecule has 0 aliphatic heterocycles. The van der Waals surface area contributed by atoms with Gasteiger partial charge in [0.2, 0.25) is 0 Å². The molecule has 6 heteroatoms. The summed E-state index contributed by atoms with van der Waals surface area (Å²) in [7, 11) is 1.62. The zero-order valence-electron chi connectivity index (χ0n) is 10.8. The minimum Gasteiger partial charge on any atom is -0.481 e. The molecular weight excluding hydrogens is 264 g/mol. The first-order chi connectivity index (χ1) is 9.08. The van der Waals surface area contributed by atoms with E-state index in [0.29, 0.717) is 5.92 Å². The Kier molecular flexibility index (Phi) is 4.42. The summed E-state index contributed by atoms with van der Waals surface area (Å²) in [6.07, 6.45) is 2.25. The molecule has 104 valence electrons. The quantitative estimate of drug-likeness (QED) is 0.841. The molecule has 1 fully saturated rings. The number of carboxylic acid groups (broad SMARTS) is 1. The largest absolute Gasteiger partial charge is 0.481 e. The zero-order valence-corrected chi connectivity index (χ0v) is 11.7. The van der Waals surface area contributed by atoms with Gasteiger partial charge in [0, 0.05) is 18.5 Å². The first-order valence-corrected chi connectivity index (χ1v) is 7.22. The van der Waals surface area contributed by atoms with Gasteiger partial charge in [-0.2, -0.15) is 0 Å². The van der Waals surface area contributed by atoms with E-state index in [2.05, 4.69) is 5.32 Å². The van der Waals surface area contributed by atoms with Crippen molar-refractivity contribution in [1.29, 1.82) is 0 Å². The highest BCUT2D eigenvalue weighted by Gasteiger charge is 2.34. The average Bonchev–Trinajstić information content (AvgIpc) is 3.07. The van der Waals surface area contributed by atoms with E-state index in [1.54, 1.807) is 18.4 Å². The van der Waals surface area contributed by atoms with Crippen molar-refractivity contribution in [3.05, 3.63) is 22.4 Å². The predicted molar refractivity (Wildman–Crippen MR) is 73.2 cm³/mol. The number of carbonyl (C=O) groups is 2. The summed E-state index contributed by atoms with van der Waals surface area (Å²) >= 11 is 1.64. The Balaban J connectivity index is 1.90. The van der Waals surface area contributed by atoms with Crippen LogP contribution in [0.2, 0.25) is 0 Å². The Bertz CT molecular complexity index is 443. The molecular formula is C13H18N2O3S. The number of thiophene rings is 1. The summed E-state index contributed by atoms with van der Waals surface area (Å²) in [5, 5.41) is 13.6. The summed E-state index contributed by atoms with van der Waals surface area (Å²) in [5.41, 5.74) is 0. The molecule has 1 unspecified atom stereocenters. The molecule has 2 N–H and O–H groups in total. The van der Waals surface area contributed by atoms with Gasteiger partial charge >= 0.3 is 12.0 Å². The normalized spacial score (nSPS) is 15.8. The maximum absolute atomic E-state index is 12.0. The van der Waals surface area contributed by atoms with Crippen molar-refractivity contribution >= 4 is 23.3 Å². The highest BCUT2D eigenvalue weighted by molar-refractivity contribution is 7.10.